The number of hydrogen-bond acceptors (Lipinski definition) is 6. The molecule has 0 bridgehead atoms. The molecule has 1 saturated carbocycles. The monoisotopic (exact) mass is 356 g/mol. The number of rotatable bonds is 4. The van der Waals surface area contributed by atoms with E-state index in [0.29, 0.717) is 36.8 Å². The Labute approximate surface area is 151 Å². The summed E-state index contributed by atoms with van der Waals surface area (Å²) in [5.74, 6) is -0.654. The van der Waals surface area contributed by atoms with Crippen LogP contribution < -0.4 is 0 Å². The Morgan fingerprint density at radius 3 is 1.27 bits per heavy atom. The maximum Gasteiger partial charge on any atom is 0.338 e. The van der Waals surface area contributed by atoms with Crippen molar-refractivity contribution in [3.8, 4) is 11.5 Å². The molecule has 136 valence electrons. The number of esters is 2. The Kier molecular flexibility index (Phi) is 5.41. The normalized spacial score (nSPS) is 19.5. The third-order valence-electron chi connectivity index (χ3n) is 4.37. The van der Waals surface area contributed by atoms with Gasteiger partial charge >= 0.3 is 11.9 Å². The zero-order valence-corrected chi connectivity index (χ0v) is 14.1. The number of phenolic OH excluding ortho intramolecular Hbond substituents is 2. The third kappa shape index (κ3) is 4.53. The summed E-state index contributed by atoms with van der Waals surface area (Å²) in [5, 5.41) is 18.5. The van der Waals surface area contributed by atoms with E-state index >= 15 is 0 Å². The quantitative estimate of drug-likeness (QED) is 0.816. The van der Waals surface area contributed by atoms with Gasteiger partial charge in [0.1, 0.15) is 23.7 Å². The molecule has 1 fully saturated rings. The van der Waals surface area contributed by atoms with Crippen LogP contribution in [0.3, 0.4) is 0 Å². The second-order valence-electron chi connectivity index (χ2n) is 6.30. The first kappa shape index (κ1) is 17.8. The van der Waals surface area contributed by atoms with Crippen LogP contribution in [-0.4, -0.2) is 34.4 Å². The summed E-state index contributed by atoms with van der Waals surface area (Å²) in [4.78, 5) is 24.2. The fourth-order valence-electron chi connectivity index (χ4n) is 2.90. The molecule has 0 atom stereocenters. The minimum absolute atomic E-state index is 0.0949. The average molecular weight is 356 g/mol. The van der Waals surface area contributed by atoms with Gasteiger partial charge in [-0.15, -0.1) is 0 Å². The molecule has 1 aliphatic rings. The van der Waals surface area contributed by atoms with Gasteiger partial charge in [0.25, 0.3) is 0 Å². The van der Waals surface area contributed by atoms with Crippen LogP contribution in [-0.2, 0) is 9.47 Å². The molecule has 2 aromatic carbocycles. The van der Waals surface area contributed by atoms with E-state index in [-0.39, 0.29) is 23.7 Å². The van der Waals surface area contributed by atoms with E-state index in [4.69, 9.17) is 9.47 Å². The fourth-order valence-corrected chi connectivity index (χ4v) is 2.90. The number of hydrogen-bond donors (Lipinski definition) is 2. The topological polar surface area (TPSA) is 93.1 Å². The lowest BCUT2D eigenvalue weighted by Crippen LogP contribution is -2.29. The van der Waals surface area contributed by atoms with Crippen molar-refractivity contribution in [2.75, 3.05) is 0 Å². The summed E-state index contributed by atoms with van der Waals surface area (Å²) in [6.07, 6.45) is 2.07. The first-order valence-electron chi connectivity index (χ1n) is 8.51. The highest BCUT2D eigenvalue weighted by Gasteiger charge is 2.27. The highest BCUT2D eigenvalue weighted by molar-refractivity contribution is 5.90. The molecule has 26 heavy (non-hydrogen) atoms. The molecule has 2 aromatic rings. The molecule has 0 heterocycles. The molecule has 0 spiro atoms. The van der Waals surface area contributed by atoms with Crippen molar-refractivity contribution in [3.63, 3.8) is 0 Å². The Hall–Kier alpha value is -3.02. The molecule has 0 saturated heterocycles. The first-order valence-corrected chi connectivity index (χ1v) is 8.51. The lowest BCUT2D eigenvalue weighted by atomic mass is 9.95. The van der Waals surface area contributed by atoms with Gasteiger partial charge in [0.2, 0.25) is 0 Å². The molecule has 0 aromatic heterocycles. The number of carbonyl (C=O) groups is 2. The van der Waals surface area contributed by atoms with Crippen molar-refractivity contribution in [3.05, 3.63) is 59.7 Å². The SMILES string of the molecule is O=C(OC1CCC(OC(=O)c2ccc(O)cc2)CC1)c1ccc(O)cc1. The van der Waals surface area contributed by atoms with Gasteiger partial charge in [0.05, 0.1) is 11.1 Å². The zero-order chi connectivity index (χ0) is 18.5. The van der Waals surface area contributed by atoms with Crippen LogP contribution in [0.15, 0.2) is 48.5 Å². The van der Waals surface area contributed by atoms with Crippen molar-refractivity contribution >= 4 is 11.9 Å². The van der Waals surface area contributed by atoms with Gasteiger partial charge in [0.15, 0.2) is 0 Å². The largest absolute Gasteiger partial charge is 0.508 e. The van der Waals surface area contributed by atoms with Crippen LogP contribution in [0.4, 0.5) is 0 Å². The lowest BCUT2D eigenvalue weighted by molar-refractivity contribution is -0.0108. The molecular formula is C20H20O6. The average Bonchev–Trinajstić information content (AvgIpc) is 2.64. The zero-order valence-electron chi connectivity index (χ0n) is 14.1. The van der Waals surface area contributed by atoms with Crippen molar-refractivity contribution in [2.24, 2.45) is 0 Å². The predicted octanol–water partition coefficient (Wildman–Crippen LogP) is 3.42. The maximum atomic E-state index is 12.1. The molecule has 2 N–H and O–H groups in total. The molecule has 6 nitrogen and oxygen atoms in total. The van der Waals surface area contributed by atoms with E-state index < -0.39 is 11.9 Å². The highest BCUT2D eigenvalue weighted by Crippen LogP contribution is 2.25. The number of carbonyl (C=O) groups excluding carboxylic acids is 2. The van der Waals surface area contributed by atoms with Gasteiger partial charge in [-0.1, -0.05) is 0 Å². The Bertz CT molecular complexity index is 690. The molecule has 3 rings (SSSR count). The smallest absolute Gasteiger partial charge is 0.338 e. The molecule has 1 aliphatic carbocycles. The highest BCUT2D eigenvalue weighted by atomic mass is 16.6. The van der Waals surface area contributed by atoms with Crippen LogP contribution in [0.1, 0.15) is 46.4 Å². The Balaban J connectivity index is 1.46. The summed E-state index contributed by atoms with van der Waals surface area (Å²) < 4.78 is 11.0. The number of phenols is 2. The Morgan fingerprint density at radius 2 is 0.962 bits per heavy atom. The van der Waals surface area contributed by atoms with E-state index in [1.54, 1.807) is 0 Å². The molecule has 0 amide bonds. The van der Waals surface area contributed by atoms with Gasteiger partial charge in [-0.05, 0) is 74.2 Å². The number of benzene rings is 2. The van der Waals surface area contributed by atoms with E-state index in [0.717, 1.165) is 0 Å². The van der Waals surface area contributed by atoms with Gasteiger partial charge in [-0.2, -0.15) is 0 Å². The van der Waals surface area contributed by atoms with Gasteiger partial charge in [0, 0.05) is 0 Å². The summed E-state index contributed by atoms with van der Waals surface area (Å²) in [5.41, 5.74) is 0.785. The van der Waals surface area contributed by atoms with E-state index in [9.17, 15) is 19.8 Å². The van der Waals surface area contributed by atoms with E-state index in [1.165, 1.54) is 48.5 Å². The molecule has 6 heteroatoms. The van der Waals surface area contributed by atoms with Crippen molar-refractivity contribution < 1.29 is 29.3 Å². The molecule has 0 radical (unpaired) electrons. The first-order chi connectivity index (χ1) is 12.5. The second-order valence-corrected chi connectivity index (χ2v) is 6.30. The van der Waals surface area contributed by atoms with Crippen molar-refractivity contribution in [1.29, 1.82) is 0 Å². The predicted molar refractivity (Wildman–Crippen MR) is 93.1 cm³/mol. The summed E-state index contributed by atoms with van der Waals surface area (Å²) in [6.45, 7) is 0. The number of aromatic hydroxyl groups is 2. The number of ether oxygens (including phenoxy) is 2. The molecular weight excluding hydrogens is 336 g/mol. The van der Waals surface area contributed by atoms with Crippen LogP contribution >= 0.6 is 0 Å². The van der Waals surface area contributed by atoms with Crippen LogP contribution in [0.25, 0.3) is 0 Å². The van der Waals surface area contributed by atoms with Crippen LogP contribution in [0.5, 0.6) is 11.5 Å². The maximum absolute atomic E-state index is 12.1. The van der Waals surface area contributed by atoms with Crippen molar-refractivity contribution in [1.82, 2.24) is 0 Å². The standard InChI is InChI=1S/C20H20O6/c21-15-5-1-13(2-6-15)19(23)25-17-9-11-18(12-10-17)26-20(24)14-3-7-16(22)8-4-14/h1-8,17-18,21-22H,9-12H2. The van der Waals surface area contributed by atoms with Crippen LogP contribution in [0.2, 0.25) is 0 Å². The minimum atomic E-state index is -0.422. The van der Waals surface area contributed by atoms with Gasteiger partial charge < -0.3 is 19.7 Å². The Morgan fingerprint density at radius 1 is 0.654 bits per heavy atom. The van der Waals surface area contributed by atoms with Crippen molar-refractivity contribution in [2.45, 2.75) is 37.9 Å². The van der Waals surface area contributed by atoms with E-state index in [1.807, 2.05) is 0 Å². The van der Waals surface area contributed by atoms with Crippen LogP contribution in [0, 0.1) is 0 Å². The molecule has 0 aliphatic heterocycles. The van der Waals surface area contributed by atoms with Gasteiger partial charge in [-0.3, -0.25) is 0 Å². The fraction of sp³-hybridized carbons (Fsp3) is 0.300. The third-order valence-corrected chi connectivity index (χ3v) is 4.37. The van der Waals surface area contributed by atoms with E-state index in [2.05, 4.69) is 0 Å². The second kappa shape index (κ2) is 7.91. The minimum Gasteiger partial charge on any atom is -0.508 e. The summed E-state index contributed by atoms with van der Waals surface area (Å²) in [6, 6.07) is 11.8. The summed E-state index contributed by atoms with van der Waals surface area (Å²) >= 11 is 0. The molecule has 0 unspecified atom stereocenters. The van der Waals surface area contributed by atoms with Gasteiger partial charge in [-0.25, -0.2) is 9.59 Å². The summed E-state index contributed by atoms with van der Waals surface area (Å²) in [7, 11) is 0. The lowest BCUT2D eigenvalue weighted by Gasteiger charge is -2.28.